The fraction of sp³-hybridized carbons (Fsp3) is 0.667. The largest absolute Gasteiger partial charge is 0.714 e. The molecule has 8 nitrogen and oxygen atoms in total. The van der Waals surface area contributed by atoms with Gasteiger partial charge in [0.25, 0.3) is 0 Å². The van der Waals surface area contributed by atoms with Crippen molar-refractivity contribution in [2.45, 2.75) is 77.5 Å². The molecule has 2 rings (SSSR count). The zero-order valence-electron chi connectivity index (χ0n) is 16.7. The summed E-state index contributed by atoms with van der Waals surface area (Å²) in [6.45, 7) is 13.7. The molecule has 0 spiro atoms. The molecule has 0 aliphatic carbocycles. The maximum Gasteiger partial charge on any atom is 0.309 e. The summed E-state index contributed by atoms with van der Waals surface area (Å²) in [5, 5.41) is 51.1. The van der Waals surface area contributed by atoms with Gasteiger partial charge in [-0.1, -0.05) is 22.3 Å². The highest BCUT2D eigenvalue weighted by Gasteiger charge is 2.59. The number of amidine groups is 2. The Bertz CT molecular complexity index is 667. The van der Waals surface area contributed by atoms with Crippen LogP contribution in [-0.2, 0) is 10.4 Å². The summed E-state index contributed by atoms with van der Waals surface area (Å²) in [4.78, 5) is 0. The molecule has 0 N–H and O–H groups in total. The van der Waals surface area contributed by atoms with Crippen LogP contribution in [0.15, 0.2) is 24.3 Å². The number of nitrogens with zero attached hydrogens (tertiary/aromatic N) is 4. The van der Waals surface area contributed by atoms with Crippen molar-refractivity contribution in [3.05, 3.63) is 34.7 Å². The minimum absolute atomic E-state index is 0.0142. The second-order valence-electron chi connectivity index (χ2n) is 8.85. The highest BCUT2D eigenvalue weighted by atomic mass is 16.5. The van der Waals surface area contributed by atoms with Crippen LogP contribution in [0.1, 0.15) is 55.4 Å². The summed E-state index contributed by atoms with van der Waals surface area (Å²) in [6.07, 6.45) is 5.75. The van der Waals surface area contributed by atoms with Gasteiger partial charge in [0, 0.05) is 22.6 Å². The third kappa shape index (κ3) is 2.43. The highest BCUT2D eigenvalue weighted by Crippen LogP contribution is 2.37. The Labute approximate surface area is 154 Å². The zero-order valence-corrected chi connectivity index (χ0v) is 16.7. The van der Waals surface area contributed by atoms with Gasteiger partial charge in [-0.3, -0.25) is 9.48 Å². The van der Waals surface area contributed by atoms with Gasteiger partial charge in [-0.25, -0.2) is 0 Å². The van der Waals surface area contributed by atoms with Gasteiger partial charge < -0.3 is 10.4 Å². The van der Waals surface area contributed by atoms with Crippen molar-refractivity contribution in [3.8, 4) is 0 Å². The van der Waals surface area contributed by atoms with E-state index in [1.54, 1.807) is 55.4 Å². The van der Waals surface area contributed by atoms with Crippen LogP contribution in [0.5, 0.6) is 0 Å². The van der Waals surface area contributed by atoms with Crippen molar-refractivity contribution in [2.75, 3.05) is 0 Å². The summed E-state index contributed by atoms with van der Waals surface area (Å²) in [5.41, 5.74) is -3.54. The lowest BCUT2D eigenvalue weighted by molar-refractivity contribution is -0.539. The predicted molar refractivity (Wildman–Crippen MR) is 96.9 cm³/mol. The lowest BCUT2D eigenvalue weighted by atomic mass is 9.84. The molecule has 2 radical (unpaired) electrons. The van der Waals surface area contributed by atoms with Crippen LogP contribution in [0.25, 0.3) is 0 Å². The van der Waals surface area contributed by atoms with Gasteiger partial charge in [0.2, 0.25) is 0 Å². The average molecular weight is 364 g/mol. The van der Waals surface area contributed by atoms with E-state index in [-0.39, 0.29) is 11.7 Å². The molecule has 2 heterocycles. The Balaban J connectivity index is 2.27. The first-order valence-electron chi connectivity index (χ1n) is 8.60. The molecule has 0 unspecified atom stereocenters. The fourth-order valence-electron chi connectivity index (χ4n) is 2.86. The summed E-state index contributed by atoms with van der Waals surface area (Å²) < 4.78 is 1.39. The Morgan fingerprint density at radius 2 is 0.962 bits per heavy atom. The van der Waals surface area contributed by atoms with Crippen LogP contribution >= 0.6 is 0 Å². The van der Waals surface area contributed by atoms with Crippen molar-refractivity contribution < 1.29 is 19.9 Å². The summed E-state index contributed by atoms with van der Waals surface area (Å²) in [6, 6.07) is 0. The quantitative estimate of drug-likeness (QED) is 0.436. The molecule has 2 aliphatic heterocycles. The molecule has 144 valence electrons. The molecule has 0 saturated heterocycles. The second-order valence-corrected chi connectivity index (χ2v) is 8.85. The van der Waals surface area contributed by atoms with Gasteiger partial charge in [-0.15, -0.1) is 0 Å². The van der Waals surface area contributed by atoms with Crippen LogP contribution in [0.3, 0.4) is 0 Å². The molecule has 2 aliphatic rings. The Kier molecular flexibility index (Phi) is 4.46. The molecule has 0 saturated carbocycles. The first-order valence-corrected chi connectivity index (χ1v) is 8.60. The van der Waals surface area contributed by atoms with Gasteiger partial charge in [0.15, 0.2) is 11.1 Å². The molecule has 0 fully saturated rings. The summed E-state index contributed by atoms with van der Waals surface area (Å²) in [5.74, 6) is -0.0284. The molecule has 0 amide bonds. The minimum Gasteiger partial charge on any atom is -0.714 e. The maximum atomic E-state index is 12.4. The first-order chi connectivity index (χ1) is 11.6. The van der Waals surface area contributed by atoms with E-state index < -0.39 is 22.2 Å². The predicted octanol–water partition coefficient (Wildman–Crippen LogP) is 2.35. The van der Waals surface area contributed by atoms with E-state index in [0.29, 0.717) is 19.6 Å². The molecule has 0 atom stereocenters. The normalized spacial score (nSPS) is 26.8. The van der Waals surface area contributed by atoms with Crippen LogP contribution in [-0.4, -0.2) is 53.4 Å². The molecule has 0 bridgehead atoms. The maximum absolute atomic E-state index is 12.4. The van der Waals surface area contributed by atoms with E-state index in [1.165, 1.54) is 24.3 Å². The summed E-state index contributed by atoms with van der Waals surface area (Å²) in [7, 11) is 0. The highest BCUT2D eigenvalue weighted by molar-refractivity contribution is 5.92. The molecule has 0 aromatic heterocycles. The third-order valence-electron chi connectivity index (χ3n) is 6.46. The van der Waals surface area contributed by atoms with Gasteiger partial charge in [-0.05, 0) is 55.4 Å². The Morgan fingerprint density at radius 1 is 0.692 bits per heavy atom. The van der Waals surface area contributed by atoms with Crippen molar-refractivity contribution in [2.24, 2.45) is 0 Å². The smallest absolute Gasteiger partial charge is 0.309 e. The van der Waals surface area contributed by atoms with E-state index >= 15 is 0 Å². The Morgan fingerprint density at radius 3 is 1.15 bits per heavy atom. The van der Waals surface area contributed by atoms with Crippen LogP contribution in [0.4, 0.5) is 0 Å². The SMILES string of the molecule is CC1(C)N([O])C(/C=C/C=C/C2=[N+]([O-])C(C)(C)C(C)(C)N2[O])=[N+]([O-])C1(C)C. The van der Waals surface area contributed by atoms with Crippen molar-refractivity contribution in [1.82, 2.24) is 10.1 Å². The van der Waals surface area contributed by atoms with Crippen LogP contribution in [0.2, 0.25) is 0 Å². The van der Waals surface area contributed by atoms with Gasteiger partial charge in [-0.2, -0.15) is 0 Å². The van der Waals surface area contributed by atoms with Crippen LogP contribution < -0.4 is 0 Å². The molecule has 0 aromatic rings. The second kappa shape index (κ2) is 5.72. The number of hydroxylamine groups is 6. The van der Waals surface area contributed by atoms with Gasteiger partial charge >= 0.3 is 11.7 Å². The zero-order chi connectivity index (χ0) is 20.3. The standard InChI is InChI=1S/C18H28N4O4/c1-15(2)16(3,4)20(24)13(19(15)23)11-9-10-12-14-21(25)17(5,6)18(7,8)22(14)26/h9-12H,1-8H3/b11-9+,12-10+. The van der Waals surface area contributed by atoms with Crippen molar-refractivity contribution in [1.29, 1.82) is 0 Å². The monoisotopic (exact) mass is 364 g/mol. The first kappa shape index (κ1) is 20.3. The number of hydrogen-bond acceptors (Lipinski definition) is 4. The van der Waals surface area contributed by atoms with Crippen LogP contribution in [0, 0.1) is 10.4 Å². The van der Waals surface area contributed by atoms with E-state index in [1.807, 2.05) is 0 Å². The lowest BCUT2D eigenvalue weighted by Crippen LogP contribution is -2.53. The lowest BCUT2D eigenvalue weighted by Gasteiger charge is -2.32. The topological polar surface area (TPSA) is 98.4 Å². The third-order valence-corrected chi connectivity index (χ3v) is 6.46. The van der Waals surface area contributed by atoms with Crippen molar-refractivity contribution in [3.63, 3.8) is 0 Å². The van der Waals surface area contributed by atoms with Gasteiger partial charge in [0.05, 0.1) is 0 Å². The summed E-state index contributed by atoms with van der Waals surface area (Å²) >= 11 is 0. The molecule has 26 heavy (non-hydrogen) atoms. The number of rotatable bonds is 3. The molecule has 0 aromatic carbocycles. The minimum atomic E-state index is -0.885. The number of allylic oxidation sites excluding steroid dienone is 2. The number of hydrogen-bond donors (Lipinski definition) is 0. The molecular weight excluding hydrogens is 336 g/mol. The van der Waals surface area contributed by atoms with E-state index in [2.05, 4.69) is 0 Å². The Hall–Kier alpha value is -2.06. The molecule has 8 heteroatoms. The average Bonchev–Trinajstić information content (AvgIpc) is 2.72. The molecular formula is C18H28N4O4. The van der Waals surface area contributed by atoms with E-state index in [0.717, 1.165) is 0 Å². The van der Waals surface area contributed by atoms with Crippen molar-refractivity contribution >= 4 is 11.7 Å². The van der Waals surface area contributed by atoms with E-state index in [4.69, 9.17) is 0 Å². The van der Waals surface area contributed by atoms with Gasteiger partial charge in [0.1, 0.15) is 11.1 Å². The van der Waals surface area contributed by atoms with E-state index in [9.17, 15) is 20.8 Å². The fourth-order valence-corrected chi connectivity index (χ4v) is 2.86.